The van der Waals surface area contributed by atoms with Gasteiger partial charge in [0, 0.05) is 31.1 Å². The van der Waals surface area contributed by atoms with Crippen LogP contribution in [-0.4, -0.2) is 37.2 Å². The number of nitrogens with zero attached hydrogens (tertiary/aromatic N) is 1. The number of hydrogen-bond donors (Lipinski definition) is 1. The van der Waals surface area contributed by atoms with Crippen LogP contribution in [0.25, 0.3) is 0 Å². The van der Waals surface area contributed by atoms with E-state index in [1.807, 2.05) is 11.3 Å². The van der Waals surface area contributed by atoms with E-state index < -0.39 is 0 Å². The summed E-state index contributed by atoms with van der Waals surface area (Å²) in [6.45, 7) is 8.43. The maximum Gasteiger partial charge on any atom is 0.119 e. The van der Waals surface area contributed by atoms with E-state index in [0.717, 1.165) is 31.9 Å². The molecule has 0 radical (unpaired) electrons. The van der Waals surface area contributed by atoms with Gasteiger partial charge >= 0.3 is 0 Å². The number of ether oxygens (including phenoxy) is 1. The number of hydrogen-bond acceptors (Lipinski definition) is 4. The normalized spacial score (nSPS) is 16.1. The molecule has 0 saturated carbocycles. The van der Waals surface area contributed by atoms with Crippen LogP contribution in [0.15, 0.2) is 41.8 Å². The van der Waals surface area contributed by atoms with E-state index in [2.05, 4.69) is 65.8 Å². The Hall–Kier alpha value is -0.780. The van der Waals surface area contributed by atoms with Crippen molar-refractivity contribution in [2.24, 2.45) is 0 Å². The van der Waals surface area contributed by atoms with Crippen molar-refractivity contribution in [2.45, 2.75) is 26.0 Å². The van der Waals surface area contributed by atoms with E-state index in [1.165, 1.54) is 10.4 Å². The van der Waals surface area contributed by atoms with Crippen molar-refractivity contribution < 1.29 is 4.74 Å². The van der Waals surface area contributed by atoms with Crippen LogP contribution in [0.3, 0.4) is 0 Å². The van der Waals surface area contributed by atoms with Crippen LogP contribution >= 0.6 is 36.2 Å². The van der Waals surface area contributed by atoms with Crippen molar-refractivity contribution in [2.75, 3.05) is 26.2 Å². The molecule has 0 aliphatic carbocycles. The Labute approximate surface area is 161 Å². The number of halogens is 2. The molecule has 3 rings (SSSR count). The van der Waals surface area contributed by atoms with E-state index in [1.54, 1.807) is 0 Å². The second kappa shape index (κ2) is 10.3. The van der Waals surface area contributed by atoms with Crippen LogP contribution in [0, 0.1) is 0 Å². The molecule has 1 N–H and O–H groups in total. The highest BCUT2D eigenvalue weighted by molar-refractivity contribution is 7.10. The molecular weight excluding hydrogens is 363 g/mol. The molecule has 2 heterocycles. The van der Waals surface area contributed by atoms with E-state index in [4.69, 9.17) is 4.74 Å². The van der Waals surface area contributed by atoms with E-state index in [9.17, 15) is 0 Å². The molecule has 1 aliphatic rings. The van der Waals surface area contributed by atoms with Gasteiger partial charge in [-0.25, -0.2) is 0 Å². The van der Waals surface area contributed by atoms with E-state index >= 15 is 0 Å². The molecule has 0 amide bonds. The number of rotatable bonds is 5. The molecule has 1 aromatic heterocycles. The highest BCUT2D eigenvalue weighted by Crippen LogP contribution is 2.32. The van der Waals surface area contributed by atoms with E-state index in [0.29, 0.717) is 6.04 Å². The van der Waals surface area contributed by atoms with Crippen LogP contribution < -0.4 is 10.1 Å². The molecule has 0 spiro atoms. The zero-order valence-corrected chi connectivity index (χ0v) is 16.6. The quantitative estimate of drug-likeness (QED) is 0.822. The number of piperazine rings is 1. The standard InChI is InChI=1S/C18H24N2OS.2ClH/c1-14(2)21-16-7-5-15(6-8-16)18(17-4-3-13-22-17)20-11-9-19-10-12-20;;/h3-8,13-14,18-19H,9-12H2,1-2H3;2*1H/t18-;;/m0../s1. The smallest absolute Gasteiger partial charge is 0.119 e. The highest BCUT2D eigenvalue weighted by atomic mass is 35.5. The predicted octanol–water partition coefficient (Wildman–Crippen LogP) is 4.37. The molecule has 6 heteroatoms. The monoisotopic (exact) mass is 388 g/mol. The van der Waals surface area contributed by atoms with Crippen molar-refractivity contribution in [1.29, 1.82) is 0 Å². The summed E-state index contributed by atoms with van der Waals surface area (Å²) < 4.78 is 5.76. The molecule has 0 unspecified atom stereocenters. The molecule has 1 aromatic carbocycles. The fourth-order valence-electron chi connectivity index (χ4n) is 2.94. The van der Waals surface area contributed by atoms with Gasteiger partial charge in [-0.3, -0.25) is 4.90 Å². The van der Waals surface area contributed by atoms with Crippen molar-refractivity contribution in [3.8, 4) is 5.75 Å². The second-order valence-electron chi connectivity index (χ2n) is 5.94. The van der Waals surface area contributed by atoms with Crippen LogP contribution in [0.1, 0.15) is 30.3 Å². The minimum absolute atomic E-state index is 0. The van der Waals surface area contributed by atoms with Gasteiger partial charge in [0.25, 0.3) is 0 Å². The first-order valence-corrected chi connectivity index (χ1v) is 8.87. The molecule has 24 heavy (non-hydrogen) atoms. The second-order valence-corrected chi connectivity index (χ2v) is 6.92. The van der Waals surface area contributed by atoms with Gasteiger partial charge < -0.3 is 10.1 Å². The number of thiophene rings is 1. The zero-order chi connectivity index (χ0) is 15.4. The molecular formula is C18H26Cl2N2OS. The van der Waals surface area contributed by atoms with Gasteiger partial charge in [0.1, 0.15) is 5.75 Å². The van der Waals surface area contributed by atoms with Crippen molar-refractivity contribution in [3.05, 3.63) is 52.2 Å². The Kier molecular flexibility index (Phi) is 9.09. The van der Waals surface area contributed by atoms with Crippen LogP contribution in [0.4, 0.5) is 0 Å². The molecule has 3 nitrogen and oxygen atoms in total. The molecule has 1 fully saturated rings. The lowest BCUT2D eigenvalue weighted by Gasteiger charge is -2.34. The number of nitrogens with one attached hydrogen (secondary N) is 1. The summed E-state index contributed by atoms with van der Waals surface area (Å²) in [6.07, 6.45) is 0.215. The molecule has 2 aromatic rings. The Bertz CT molecular complexity index is 569. The summed E-state index contributed by atoms with van der Waals surface area (Å²) in [5.41, 5.74) is 1.35. The molecule has 1 aliphatic heterocycles. The first-order valence-electron chi connectivity index (χ1n) is 7.99. The summed E-state index contributed by atoms with van der Waals surface area (Å²) in [6, 6.07) is 13.4. The Morgan fingerprint density at radius 1 is 1.04 bits per heavy atom. The Morgan fingerprint density at radius 3 is 2.25 bits per heavy atom. The maximum absolute atomic E-state index is 5.76. The number of benzene rings is 1. The average Bonchev–Trinajstić information content (AvgIpc) is 3.04. The van der Waals surface area contributed by atoms with Gasteiger partial charge in [0.15, 0.2) is 0 Å². The lowest BCUT2D eigenvalue weighted by atomic mass is 10.0. The third kappa shape index (κ3) is 5.36. The third-order valence-electron chi connectivity index (χ3n) is 3.90. The highest BCUT2D eigenvalue weighted by Gasteiger charge is 2.24. The van der Waals surface area contributed by atoms with Crippen molar-refractivity contribution in [1.82, 2.24) is 10.2 Å². The van der Waals surface area contributed by atoms with E-state index in [-0.39, 0.29) is 30.9 Å². The summed E-state index contributed by atoms with van der Waals surface area (Å²) in [7, 11) is 0. The lowest BCUT2D eigenvalue weighted by molar-refractivity contribution is 0.200. The van der Waals surface area contributed by atoms with Gasteiger partial charge in [-0.15, -0.1) is 36.2 Å². The topological polar surface area (TPSA) is 24.5 Å². The Morgan fingerprint density at radius 2 is 1.71 bits per heavy atom. The summed E-state index contributed by atoms with van der Waals surface area (Å²) in [4.78, 5) is 3.99. The fourth-order valence-corrected chi connectivity index (χ4v) is 3.83. The lowest BCUT2D eigenvalue weighted by Crippen LogP contribution is -2.45. The van der Waals surface area contributed by atoms with Gasteiger partial charge in [-0.2, -0.15) is 0 Å². The first-order chi connectivity index (χ1) is 10.7. The predicted molar refractivity (Wildman–Crippen MR) is 107 cm³/mol. The minimum Gasteiger partial charge on any atom is -0.491 e. The molecule has 1 atom stereocenters. The van der Waals surface area contributed by atoms with Gasteiger partial charge in [-0.05, 0) is 43.0 Å². The summed E-state index contributed by atoms with van der Waals surface area (Å²) in [5, 5.41) is 5.61. The van der Waals surface area contributed by atoms with Crippen LogP contribution in [0.5, 0.6) is 5.75 Å². The molecule has 0 bridgehead atoms. The van der Waals surface area contributed by atoms with Crippen molar-refractivity contribution in [3.63, 3.8) is 0 Å². The zero-order valence-electron chi connectivity index (χ0n) is 14.1. The average molecular weight is 389 g/mol. The third-order valence-corrected chi connectivity index (χ3v) is 4.82. The van der Waals surface area contributed by atoms with Gasteiger partial charge in [0.05, 0.1) is 12.1 Å². The van der Waals surface area contributed by atoms with Crippen LogP contribution in [0.2, 0.25) is 0 Å². The summed E-state index contributed by atoms with van der Waals surface area (Å²) in [5.74, 6) is 0.948. The Balaban J connectivity index is 0.00000144. The van der Waals surface area contributed by atoms with Gasteiger partial charge in [0.2, 0.25) is 0 Å². The SMILES string of the molecule is CC(C)Oc1ccc([C@@H](c2cccs2)N2CCNCC2)cc1.Cl.Cl. The van der Waals surface area contributed by atoms with Crippen LogP contribution in [-0.2, 0) is 0 Å². The van der Waals surface area contributed by atoms with Gasteiger partial charge in [-0.1, -0.05) is 18.2 Å². The largest absolute Gasteiger partial charge is 0.491 e. The fraction of sp³-hybridized carbons (Fsp3) is 0.444. The molecule has 134 valence electrons. The maximum atomic E-state index is 5.76. The first kappa shape index (κ1) is 21.3. The molecule has 1 saturated heterocycles. The summed E-state index contributed by atoms with van der Waals surface area (Å²) >= 11 is 1.84. The minimum atomic E-state index is 0. The van der Waals surface area contributed by atoms with Crippen molar-refractivity contribution >= 4 is 36.2 Å².